The standard InChI is InChI=1S/C8H20NPS/c1-2-3-4-5-6-7-8(11)9-10/h8-9,11H,2-7,10H2,1H3. The van der Waals surface area contributed by atoms with E-state index >= 15 is 0 Å². The van der Waals surface area contributed by atoms with Crippen LogP contribution < -0.4 is 5.09 Å². The zero-order valence-electron chi connectivity index (χ0n) is 7.34. The van der Waals surface area contributed by atoms with Gasteiger partial charge in [-0.05, 0) is 6.42 Å². The van der Waals surface area contributed by atoms with E-state index in [0.717, 1.165) is 0 Å². The summed E-state index contributed by atoms with van der Waals surface area (Å²) in [5, 5.41) is 3.40. The van der Waals surface area contributed by atoms with E-state index in [2.05, 4.69) is 34.0 Å². The van der Waals surface area contributed by atoms with Gasteiger partial charge >= 0.3 is 0 Å². The summed E-state index contributed by atoms with van der Waals surface area (Å²) in [4.78, 5) is 0. The van der Waals surface area contributed by atoms with Crippen molar-refractivity contribution in [3.8, 4) is 0 Å². The van der Waals surface area contributed by atoms with Crippen LogP contribution in [0.2, 0.25) is 0 Å². The highest BCUT2D eigenvalue weighted by Gasteiger charge is 1.97. The Balaban J connectivity index is 2.89. The summed E-state index contributed by atoms with van der Waals surface area (Å²) >= 11 is 4.32. The van der Waals surface area contributed by atoms with Crippen molar-refractivity contribution in [2.45, 2.75) is 50.8 Å². The molecule has 0 radical (unpaired) electrons. The van der Waals surface area contributed by atoms with Crippen LogP contribution in [0.5, 0.6) is 0 Å². The van der Waals surface area contributed by atoms with Crippen molar-refractivity contribution in [2.75, 3.05) is 0 Å². The highest BCUT2D eigenvalue weighted by Crippen LogP contribution is 2.09. The molecule has 1 N–H and O–H groups in total. The summed E-state index contributed by atoms with van der Waals surface area (Å²) < 4.78 is 0. The van der Waals surface area contributed by atoms with Gasteiger partial charge in [-0.2, -0.15) is 12.6 Å². The topological polar surface area (TPSA) is 12.0 Å². The van der Waals surface area contributed by atoms with Crippen molar-refractivity contribution in [2.24, 2.45) is 0 Å². The second-order valence-corrected chi connectivity index (χ2v) is 3.84. The Kier molecular flexibility index (Phi) is 9.43. The van der Waals surface area contributed by atoms with Gasteiger partial charge in [-0.15, -0.1) is 0 Å². The molecule has 0 amide bonds. The van der Waals surface area contributed by atoms with Crippen LogP contribution in [0.4, 0.5) is 0 Å². The lowest BCUT2D eigenvalue weighted by Crippen LogP contribution is -2.11. The first-order valence-corrected chi connectivity index (χ1v) is 5.54. The summed E-state index contributed by atoms with van der Waals surface area (Å²) in [5.41, 5.74) is 0. The smallest absolute Gasteiger partial charge is 0.0531 e. The van der Waals surface area contributed by atoms with Gasteiger partial charge in [0.15, 0.2) is 0 Å². The molecular weight excluding hydrogens is 173 g/mol. The maximum absolute atomic E-state index is 4.32. The minimum absolute atomic E-state index is 0.363. The highest BCUT2D eigenvalue weighted by molar-refractivity contribution is 7.81. The fourth-order valence-corrected chi connectivity index (χ4v) is 1.37. The van der Waals surface area contributed by atoms with Crippen LogP contribution in [0.1, 0.15) is 45.4 Å². The van der Waals surface area contributed by atoms with Gasteiger partial charge in [0.25, 0.3) is 0 Å². The zero-order chi connectivity index (χ0) is 8.53. The minimum Gasteiger partial charge on any atom is -0.289 e. The fourth-order valence-electron chi connectivity index (χ4n) is 1.02. The van der Waals surface area contributed by atoms with E-state index in [1.165, 1.54) is 38.5 Å². The summed E-state index contributed by atoms with van der Waals surface area (Å²) in [5.74, 6) is 0. The maximum atomic E-state index is 4.32. The first-order valence-electron chi connectivity index (χ1n) is 4.45. The Bertz CT molecular complexity index is 80.5. The molecule has 0 spiro atoms. The average molecular weight is 193 g/mol. The van der Waals surface area contributed by atoms with Gasteiger partial charge in [0.1, 0.15) is 0 Å². The zero-order valence-corrected chi connectivity index (χ0v) is 9.39. The van der Waals surface area contributed by atoms with Crippen molar-refractivity contribution < 1.29 is 0 Å². The molecule has 2 atom stereocenters. The molecule has 1 nitrogen and oxygen atoms in total. The molecule has 0 bridgehead atoms. The molecule has 0 aromatic carbocycles. The van der Waals surface area contributed by atoms with Gasteiger partial charge in [-0.1, -0.05) is 48.4 Å². The van der Waals surface area contributed by atoms with Gasteiger partial charge < -0.3 is 0 Å². The number of rotatable bonds is 7. The molecule has 0 fully saturated rings. The Morgan fingerprint density at radius 1 is 1.27 bits per heavy atom. The molecule has 68 valence electrons. The molecule has 0 aliphatic carbocycles. The van der Waals surface area contributed by atoms with Crippen LogP contribution in [-0.4, -0.2) is 5.37 Å². The second kappa shape index (κ2) is 8.83. The predicted molar refractivity (Wildman–Crippen MR) is 59.0 cm³/mol. The van der Waals surface area contributed by atoms with E-state index in [4.69, 9.17) is 0 Å². The van der Waals surface area contributed by atoms with Crippen LogP contribution >= 0.6 is 22.0 Å². The van der Waals surface area contributed by atoms with E-state index in [0.29, 0.717) is 5.37 Å². The first kappa shape index (κ1) is 11.7. The van der Waals surface area contributed by atoms with Gasteiger partial charge in [-0.3, -0.25) is 5.09 Å². The van der Waals surface area contributed by atoms with Crippen molar-refractivity contribution in [3.63, 3.8) is 0 Å². The SMILES string of the molecule is CCCCCCCC(S)NP. The molecule has 0 aromatic rings. The summed E-state index contributed by atoms with van der Waals surface area (Å²) in [7, 11) is 2.50. The van der Waals surface area contributed by atoms with E-state index in [1.54, 1.807) is 0 Å². The fraction of sp³-hybridized carbons (Fsp3) is 1.00. The number of nitrogens with one attached hydrogen (secondary N) is 1. The average Bonchev–Trinajstić information content (AvgIpc) is 2.04. The van der Waals surface area contributed by atoms with Crippen LogP contribution in [0.15, 0.2) is 0 Å². The Hall–Kier alpha value is 0.740. The maximum Gasteiger partial charge on any atom is 0.0531 e. The quantitative estimate of drug-likeness (QED) is 0.274. The Morgan fingerprint density at radius 3 is 2.45 bits per heavy atom. The molecule has 0 aliphatic heterocycles. The van der Waals surface area contributed by atoms with Crippen LogP contribution in [-0.2, 0) is 0 Å². The summed E-state index contributed by atoms with van der Waals surface area (Å²) in [6, 6.07) is 0. The first-order chi connectivity index (χ1) is 5.31. The molecule has 0 saturated carbocycles. The van der Waals surface area contributed by atoms with E-state index in [-0.39, 0.29) is 0 Å². The summed E-state index contributed by atoms with van der Waals surface area (Å²) in [6.45, 7) is 2.24. The third-order valence-electron chi connectivity index (χ3n) is 1.77. The molecule has 0 saturated heterocycles. The molecule has 0 heterocycles. The van der Waals surface area contributed by atoms with Gasteiger partial charge in [-0.25, -0.2) is 0 Å². The lowest BCUT2D eigenvalue weighted by atomic mass is 10.1. The monoisotopic (exact) mass is 193 g/mol. The van der Waals surface area contributed by atoms with Crippen molar-refractivity contribution in [3.05, 3.63) is 0 Å². The van der Waals surface area contributed by atoms with Gasteiger partial charge in [0, 0.05) is 0 Å². The van der Waals surface area contributed by atoms with E-state index < -0.39 is 0 Å². The van der Waals surface area contributed by atoms with Crippen molar-refractivity contribution in [1.29, 1.82) is 0 Å². The number of hydrogen-bond acceptors (Lipinski definition) is 2. The number of thiol groups is 1. The largest absolute Gasteiger partial charge is 0.289 e. The normalized spacial score (nSPS) is 13.4. The molecule has 0 aliphatic rings. The molecule has 11 heavy (non-hydrogen) atoms. The van der Waals surface area contributed by atoms with Gasteiger partial charge in [0.05, 0.1) is 5.37 Å². The molecular formula is C8H20NPS. The minimum atomic E-state index is 0.363. The second-order valence-electron chi connectivity index (χ2n) is 2.89. The third-order valence-corrected chi connectivity index (χ3v) is 2.86. The Morgan fingerprint density at radius 2 is 1.91 bits per heavy atom. The van der Waals surface area contributed by atoms with Crippen LogP contribution in [0, 0.1) is 0 Å². The van der Waals surface area contributed by atoms with E-state index in [9.17, 15) is 0 Å². The highest BCUT2D eigenvalue weighted by atomic mass is 32.1. The van der Waals surface area contributed by atoms with E-state index in [1.807, 2.05) is 0 Å². The molecule has 0 rings (SSSR count). The van der Waals surface area contributed by atoms with Crippen LogP contribution in [0.3, 0.4) is 0 Å². The number of unbranched alkanes of at least 4 members (excludes halogenated alkanes) is 4. The summed E-state index contributed by atoms with van der Waals surface area (Å²) in [6.07, 6.45) is 7.93. The molecule has 3 heteroatoms. The van der Waals surface area contributed by atoms with Gasteiger partial charge in [0.2, 0.25) is 0 Å². The number of hydrogen-bond donors (Lipinski definition) is 2. The third kappa shape index (κ3) is 8.65. The lowest BCUT2D eigenvalue weighted by molar-refractivity contribution is 0.595. The molecule has 0 aromatic heterocycles. The van der Waals surface area contributed by atoms with Crippen molar-refractivity contribution in [1.82, 2.24) is 5.09 Å². The molecule has 2 unspecified atom stereocenters. The predicted octanol–water partition coefficient (Wildman–Crippen LogP) is 2.98. The Labute approximate surface area is 78.4 Å². The van der Waals surface area contributed by atoms with Crippen molar-refractivity contribution >= 4 is 22.0 Å². The van der Waals surface area contributed by atoms with Crippen LogP contribution in [0.25, 0.3) is 0 Å². The lowest BCUT2D eigenvalue weighted by Gasteiger charge is -2.07.